The quantitative estimate of drug-likeness (QED) is 0.298. The number of hydrazone groups is 1. The molecule has 0 saturated heterocycles. The van der Waals surface area contributed by atoms with Gasteiger partial charge in [-0.3, -0.25) is 4.57 Å². The number of nitrogens with zero attached hydrogens (tertiary/aromatic N) is 3. The van der Waals surface area contributed by atoms with E-state index in [0.717, 1.165) is 0 Å². The van der Waals surface area contributed by atoms with Crippen LogP contribution in [0, 0.1) is 0 Å². The van der Waals surface area contributed by atoms with Gasteiger partial charge in [-0.15, -0.1) is 0 Å². The Kier molecular flexibility index (Phi) is 5.78. The van der Waals surface area contributed by atoms with Crippen molar-refractivity contribution in [2.24, 2.45) is 10.9 Å². The summed E-state index contributed by atoms with van der Waals surface area (Å²) < 4.78 is 6.87. The number of rotatable bonds is 5. The molecule has 3 rings (SSSR count). The second kappa shape index (κ2) is 8.24. The van der Waals surface area contributed by atoms with Gasteiger partial charge in [-0.2, -0.15) is 5.10 Å². The lowest BCUT2D eigenvalue weighted by Crippen LogP contribution is -2.10. The third-order valence-corrected chi connectivity index (χ3v) is 4.36. The van der Waals surface area contributed by atoms with Gasteiger partial charge >= 0.3 is 5.97 Å². The SMILES string of the molecule is CCOC(=O)c1nc(-c2ccccc2Cl)n(-c2ccc(Cl)cc2)c1C=NN. The van der Waals surface area contributed by atoms with E-state index in [1.165, 1.54) is 6.21 Å². The summed E-state index contributed by atoms with van der Waals surface area (Å²) in [5.41, 5.74) is 1.84. The van der Waals surface area contributed by atoms with Crippen LogP contribution in [-0.2, 0) is 4.74 Å². The molecule has 1 heterocycles. The minimum atomic E-state index is -0.576. The van der Waals surface area contributed by atoms with Gasteiger partial charge in [0.2, 0.25) is 0 Å². The van der Waals surface area contributed by atoms with E-state index < -0.39 is 5.97 Å². The maximum Gasteiger partial charge on any atom is 0.359 e. The van der Waals surface area contributed by atoms with Crippen LogP contribution in [0.3, 0.4) is 0 Å². The molecular weight excluding hydrogens is 387 g/mol. The van der Waals surface area contributed by atoms with Crippen LogP contribution in [0.15, 0.2) is 53.6 Å². The summed E-state index contributed by atoms with van der Waals surface area (Å²) in [5.74, 6) is 5.27. The van der Waals surface area contributed by atoms with Gasteiger partial charge in [-0.05, 0) is 43.3 Å². The average molecular weight is 403 g/mol. The Hall–Kier alpha value is -2.83. The first-order valence-electron chi connectivity index (χ1n) is 8.10. The lowest BCUT2D eigenvalue weighted by Gasteiger charge is -2.11. The number of halogens is 2. The van der Waals surface area contributed by atoms with E-state index >= 15 is 0 Å². The molecule has 0 radical (unpaired) electrons. The summed E-state index contributed by atoms with van der Waals surface area (Å²) in [6, 6.07) is 14.3. The summed E-state index contributed by atoms with van der Waals surface area (Å²) in [4.78, 5) is 17.0. The lowest BCUT2D eigenvalue weighted by molar-refractivity contribution is 0.0520. The van der Waals surface area contributed by atoms with Crippen LogP contribution in [0.25, 0.3) is 17.1 Å². The Balaban J connectivity index is 2.34. The number of carbonyl (C=O) groups is 1. The monoisotopic (exact) mass is 402 g/mol. The Morgan fingerprint density at radius 1 is 1.22 bits per heavy atom. The van der Waals surface area contributed by atoms with Crippen LogP contribution in [0.1, 0.15) is 23.1 Å². The summed E-state index contributed by atoms with van der Waals surface area (Å²) in [7, 11) is 0. The van der Waals surface area contributed by atoms with Crippen LogP contribution < -0.4 is 5.84 Å². The maximum absolute atomic E-state index is 12.5. The van der Waals surface area contributed by atoms with Gasteiger partial charge in [0.1, 0.15) is 11.5 Å². The summed E-state index contributed by atoms with van der Waals surface area (Å²) in [5, 5.41) is 4.66. The fourth-order valence-electron chi connectivity index (χ4n) is 2.65. The van der Waals surface area contributed by atoms with E-state index in [9.17, 15) is 4.79 Å². The van der Waals surface area contributed by atoms with Crippen molar-refractivity contribution in [2.45, 2.75) is 6.92 Å². The molecule has 0 atom stereocenters. The number of carbonyl (C=O) groups excluding carboxylic acids is 1. The van der Waals surface area contributed by atoms with E-state index in [1.54, 1.807) is 41.8 Å². The molecule has 0 amide bonds. The fraction of sp³-hybridized carbons (Fsp3) is 0.105. The molecule has 1 aromatic heterocycles. The third-order valence-electron chi connectivity index (χ3n) is 3.78. The highest BCUT2D eigenvalue weighted by atomic mass is 35.5. The molecule has 3 aromatic rings. The molecule has 0 bridgehead atoms. The molecular formula is C19H16Cl2N4O2. The van der Waals surface area contributed by atoms with E-state index in [-0.39, 0.29) is 12.3 Å². The average Bonchev–Trinajstić information content (AvgIpc) is 3.02. The normalized spacial score (nSPS) is 11.1. The van der Waals surface area contributed by atoms with Crippen molar-refractivity contribution in [2.75, 3.05) is 6.61 Å². The van der Waals surface area contributed by atoms with Crippen LogP contribution in [0.4, 0.5) is 0 Å². The molecule has 2 aromatic carbocycles. The van der Waals surface area contributed by atoms with Crippen LogP contribution in [0.2, 0.25) is 10.0 Å². The molecule has 0 aliphatic heterocycles. The highest BCUT2D eigenvalue weighted by Crippen LogP contribution is 2.31. The maximum atomic E-state index is 12.5. The number of hydrogen-bond acceptors (Lipinski definition) is 5. The molecule has 0 aliphatic carbocycles. The van der Waals surface area contributed by atoms with Gasteiger partial charge in [-0.25, -0.2) is 9.78 Å². The number of imidazole rings is 1. The van der Waals surface area contributed by atoms with Crippen molar-refractivity contribution >= 4 is 35.4 Å². The number of ether oxygens (including phenoxy) is 1. The first-order valence-corrected chi connectivity index (χ1v) is 8.86. The molecule has 0 fully saturated rings. The van der Waals surface area contributed by atoms with E-state index in [2.05, 4.69) is 10.1 Å². The number of nitrogens with two attached hydrogens (primary N) is 1. The van der Waals surface area contributed by atoms with Crippen LogP contribution in [0.5, 0.6) is 0 Å². The first-order chi connectivity index (χ1) is 13.1. The predicted molar refractivity (Wildman–Crippen MR) is 107 cm³/mol. The number of esters is 1. The molecule has 0 spiro atoms. The first kappa shape index (κ1) is 18.9. The summed E-state index contributed by atoms with van der Waals surface area (Å²) in [6.07, 6.45) is 1.36. The Labute approximate surface area is 166 Å². The van der Waals surface area contributed by atoms with Gasteiger partial charge < -0.3 is 10.6 Å². The van der Waals surface area contributed by atoms with E-state index in [4.69, 9.17) is 33.8 Å². The molecule has 8 heteroatoms. The zero-order valence-corrected chi connectivity index (χ0v) is 15.9. The molecule has 6 nitrogen and oxygen atoms in total. The van der Waals surface area contributed by atoms with Gasteiger partial charge in [0.25, 0.3) is 0 Å². The molecule has 0 saturated carbocycles. The van der Waals surface area contributed by atoms with Gasteiger partial charge in [0.15, 0.2) is 5.69 Å². The fourth-order valence-corrected chi connectivity index (χ4v) is 2.99. The van der Waals surface area contributed by atoms with Gasteiger partial charge in [0.05, 0.1) is 17.8 Å². The third kappa shape index (κ3) is 3.82. The molecule has 27 heavy (non-hydrogen) atoms. The molecule has 0 aliphatic rings. The minimum Gasteiger partial charge on any atom is -0.461 e. The van der Waals surface area contributed by atoms with Crippen molar-refractivity contribution in [3.8, 4) is 17.1 Å². The smallest absolute Gasteiger partial charge is 0.359 e. The van der Waals surface area contributed by atoms with Gasteiger partial charge in [0, 0.05) is 16.3 Å². The van der Waals surface area contributed by atoms with E-state index in [1.807, 2.05) is 18.2 Å². The van der Waals surface area contributed by atoms with Crippen molar-refractivity contribution in [1.29, 1.82) is 0 Å². The topological polar surface area (TPSA) is 82.5 Å². The van der Waals surface area contributed by atoms with Crippen LogP contribution in [-0.4, -0.2) is 28.3 Å². The lowest BCUT2D eigenvalue weighted by atomic mass is 10.2. The number of aromatic nitrogens is 2. The van der Waals surface area contributed by atoms with E-state index in [0.29, 0.717) is 32.8 Å². The Morgan fingerprint density at radius 2 is 1.93 bits per heavy atom. The van der Waals surface area contributed by atoms with Crippen molar-refractivity contribution in [3.05, 3.63) is 70.0 Å². The second-order valence-corrected chi connectivity index (χ2v) is 6.30. The van der Waals surface area contributed by atoms with Crippen LogP contribution >= 0.6 is 23.2 Å². The van der Waals surface area contributed by atoms with Crippen molar-refractivity contribution in [1.82, 2.24) is 9.55 Å². The minimum absolute atomic E-state index is 0.0934. The van der Waals surface area contributed by atoms with Gasteiger partial charge in [-0.1, -0.05) is 35.3 Å². The predicted octanol–water partition coefficient (Wildman–Crippen LogP) is 4.32. The van der Waals surface area contributed by atoms with Crippen molar-refractivity contribution in [3.63, 3.8) is 0 Å². The second-order valence-electron chi connectivity index (χ2n) is 5.46. The highest BCUT2D eigenvalue weighted by Gasteiger charge is 2.25. The summed E-state index contributed by atoms with van der Waals surface area (Å²) >= 11 is 12.4. The number of hydrogen-bond donors (Lipinski definition) is 1. The standard InChI is InChI=1S/C19H16Cl2N4O2/c1-2-27-19(26)17-16(11-23-22)25(13-9-7-12(20)8-10-13)18(24-17)14-5-3-4-6-15(14)21/h3-11H,2,22H2,1H3. The highest BCUT2D eigenvalue weighted by molar-refractivity contribution is 6.33. The summed E-state index contributed by atoms with van der Waals surface area (Å²) in [6.45, 7) is 1.94. The largest absolute Gasteiger partial charge is 0.461 e. The molecule has 138 valence electrons. The number of benzene rings is 2. The zero-order chi connectivity index (χ0) is 19.4. The molecule has 2 N–H and O–H groups in total. The zero-order valence-electron chi connectivity index (χ0n) is 14.4. The van der Waals surface area contributed by atoms with Crippen molar-refractivity contribution < 1.29 is 9.53 Å². The molecule has 0 unspecified atom stereocenters. The Bertz CT molecular complexity index is 997. The Morgan fingerprint density at radius 3 is 2.56 bits per heavy atom.